The van der Waals surface area contributed by atoms with Crippen molar-refractivity contribution in [2.75, 3.05) is 33.2 Å². The van der Waals surface area contributed by atoms with Gasteiger partial charge in [-0.2, -0.15) is 0 Å². The molecule has 5 nitrogen and oxygen atoms in total. The topological polar surface area (TPSA) is 53.8 Å². The fourth-order valence-corrected chi connectivity index (χ4v) is 3.76. The molecule has 3 aromatic rings. The van der Waals surface area contributed by atoms with Gasteiger partial charge in [-0.1, -0.05) is 36.4 Å². The highest BCUT2D eigenvalue weighted by Crippen LogP contribution is 2.28. The van der Waals surface area contributed by atoms with Gasteiger partial charge in [-0.15, -0.1) is 0 Å². The number of carbonyl (C=O) groups is 1. The second-order valence-corrected chi connectivity index (χ2v) is 7.38. The Morgan fingerprint density at radius 3 is 2.54 bits per heavy atom. The average molecular weight is 376 g/mol. The Morgan fingerprint density at radius 2 is 1.75 bits per heavy atom. The van der Waals surface area contributed by atoms with Gasteiger partial charge in [-0.25, -0.2) is 0 Å². The molecule has 1 aromatic heterocycles. The number of likely N-dealkylation sites (N-methyl/N-ethyl adjacent to an activating group) is 1. The first-order chi connectivity index (χ1) is 13.6. The molecule has 5 heteroatoms. The first-order valence-electron chi connectivity index (χ1n) is 9.66. The zero-order valence-corrected chi connectivity index (χ0v) is 16.3. The van der Waals surface area contributed by atoms with E-state index in [1.54, 1.807) is 25.1 Å². The summed E-state index contributed by atoms with van der Waals surface area (Å²) in [5.74, 6) is 0.445. The Kier molecular flexibility index (Phi) is 5.01. The highest BCUT2D eigenvalue weighted by molar-refractivity contribution is 6.05. The van der Waals surface area contributed by atoms with Crippen LogP contribution >= 0.6 is 0 Å². The van der Waals surface area contributed by atoms with E-state index < -0.39 is 0 Å². The fraction of sp³-hybridized carbons (Fsp3) is 0.304. The van der Waals surface area contributed by atoms with Gasteiger partial charge in [0, 0.05) is 30.8 Å². The summed E-state index contributed by atoms with van der Waals surface area (Å²) in [6.45, 7) is 4.97. The molecule has 144 valence electrons. The molecule has 0 radical (unpaired) electrons. The molecule has 0 bridgehead atoms. The zero-order chi connectivity index (χ0) is 19.7. The lowest BCUT2D eigenvalue weighted by Crippen LogP contribution is -2.34. The van der Waals surface area contributed by atoms with Crippen LogP contribution in [0.2, 0.25) is 0 Å². The predicted molar refractivity (Wildman–Crippen MR) is 111 cm³/mol. The summed E-state index contributed by atoms with van der Waals surface area (Å²) >= 11 is 0. The van der Waals surface area contributed by atoms with Crippen molar-refractivity contribution in [3.05, 3.63) is 69.9 Å². The normalized spacial score (nSPS) is 15.6. The lowest BCUT2D eigenvalue weighted by Gasteiger charge is -2.21. The second kappa shape index (κ2) is 7.60. The van der Waals surface area contributed by atoms with Crippen molar-refractivity contribution >= 4 is 16.9 Å². The van der Waals surface area contributed by atoms with E-state index in [-0.39, 0.29) is 11.3 Å². The van der Waals surface area contributed by atoms with Crippen molar-refractivity contribution in [3.8, 4) is 11.3 Å². The van der Waals surface area contributed by atoms with Gasteiger partial charge in [0.2, 0.25) is 0 Å². The van der Waals surface area contributed by atoms with Gasteiger partial charge < -0.3 is 14.2 Å². The number of hydrogen-bond acceptors (Lipinski definition) is 4. The van der Waals surface area contributed by atoms with Crippen molar-refractivity contribution < 1.29 is 9.21 Å². The lowest BCUT2D eigenvalue weighted by molar-refractivity contribution is 0.0763. The summed E-state index contributed by atoms with van der Waals surface area (Å²) < 4.78 is 6.20. The molecule has 1 aliphatic rings. The van der Waals surface area contributed by atoms with Crippen molar-refractivity contribution in [2.24, 2.45) is 0 Å². The van der Waals surface area contributed by atoms with Gasteiger partial charge in [-0.3, -0.25) is 9.59 Å². The number of amides is 1. The monoisotopic (exact) mass is 376 g/mol. The number of rotatable bonds is 2. The van der Waals surface area contributed by atoms with Crippen molar-refractivity contribution in [1.82, 2.24) is 9.80 Å². The maximum absolute atomic E-state index is 13.3. The summed E-state index contributed by atoms with van der Waals surface area (Å²) in [5, 5.41) is 0.454. The van der Waals surface area contributed by atoms with Crippen LogP contribution in [0.15, 0.2) is 57.7 Å². The number of benzene rings is 2. The molecular weight excluding hydrogens is 352 g/mol. The number of carbonyl (C=O) groups excluding carboxylic acids is 1. The van der Waals surface area contributed by atoms with E-state index in [4.69, 9.17) is 4.42 Å². The van der Waals surface area contributed by atoms with E-state index in [1.165, 1.54) is 0 Å². The number of hydrogen-bond donors (Lipinski definition) is 0. The van der Waals surface area contributed by atoms with Crippen molar-refractivity contribution in [1.29, 1.82) is 0 Å². The van der Waals surface area contributed by atoms with Gasteiger partial charge in [-0.05, 0) is 39.1 Å². The molecule has 0 spiro atoms. The molecule has 1 saturated heterocycles. The molecule has 28 heavy (non-hydrogen) atoms. The van der Waals surface area contributed by atoms with Crippen LogP contribution in [0.4, 0.5) is 0 Å². The molecule has 2 heterocycles. The first kappa shape index (κ1) is 18.4. The van der Waals surface area contributed by atoms with E-state index in [9.17, 15) is 9.59 Å². The summed E-state index contributed by atoms with van der Waals surface area (Å²) in [5.41, 5.74) is 2.12. The number of nitrogens with zero attached hydrogens (tertiary/aromatic N) is 2. The highest BCUT2D eigenvalue weighted by atomic mass is 16.3. The summed E-state index contributed by atoms with van der Waals surface area (Å²) in [7, 11) is 2.07. The molecule has 4 rings (SSSR count). The van der Waals surface area contributed by atoms with Gasteiger partial charge in [0.1, 0.15) is 5.76 Å². The molecule has 1 fully saturated rings. The molecule has 0 aliphatic carbocycles. The van der Waals surface area contributed by atoms with Gasteiger partial charge in [0.15, 0.2) is 11.0 Å². The minimum Gasteiger partial charge on any atom is -0.455 e. The fourth-order valence-electron chi connectivity index (χ4n) is 3.76. The van der Waals surface area contributed by atoms with Gasteiger partial charge >= 0.3 is 0 Å². The standard InChI is InChI=1S/C23H24N2O3/c1-16-20(26)18-10-6-11-19(23(27)25-13-7-12-24(2)14-15-25)22(18)28-21(16)17-8-4-3-5-9-17/h3-6,8-11H,7,12-15H2,1-2H3. The summed E-state index contributed by atoms with van der Waals surface area (Å²) in [6.07, 6.45) is 0.936. The molecule has 0 atom stereocenters. The third-order valence-corrected chi connectivity index (χ3v) is 5.42. The SMILES string of the molecule is Cc1c(-c2ccccc2)oc2c(C(=O)N3CCCN(C)CC3)cccc2c1=O. The maximum atomic E-state index is 13.3. The molecule has 1 aliphatic heterocycles. The van der Waals surface area contributed by atoms with Crippen LogP contribution in [0.25, 0.3) is 22.3 Å². The molecule has 1 amide bonds. The van der Waals surface area contributed by atoms with Crippen LogP contribution < -0.4 is 5.43 Å². The predicted octanol–water partition coefficient (Wildman–Crippen LogP) is 3.55. The van der Waals surface area contributed by atoms with Crippen molar-refractivity contribution in [2.45, 2.75) is 13.3 Å². The molecule has 0 unspecified atom stereocenters. The number of para-hydroxylation sites is 1. The van der Waals surface area contributed by atoms with Gasteiger partial charge in [0.25, 0.3) is 5.91 Å². The Morgan fingerprint density at radius 1 is 0.964 bits per heavy atom. The Bertz CT molecular complexity index is 1070. The summed E-state index contributed by atoms with van der Waals surface area (Å²) in [6, 6.07) is 14.8. The van der Waals surface area contributed by atoms with E-state index >= 15 is 0 Å². The average Bonchev–Trinajstić information content (AvgIpc) is 2.95. The van der Waals surface area contributed by atoms with E-state index in [1.807, 2.05) is 35.2 Å². The minimum atomic E-state index is -0.0923. The largest absolute Gasteiger partial charge is 0.455 e. The van der Waals surface area contributed by atoms with Crippen LogP contribution in [0, 0.1) is 6.92 Å². The minimum absolute atomic E-state index is 0.0769. The third-order valence-electron chi connectivity index (χ3n) is 5.42. The van der Waals surface area contributed by atoms with Crippen LogP contribution in [-0.4, -0.2) is 48.9 Å². The van der Waals surface area contributed by atoms with Crippen molar-refractivity contribution in [3.63, 3.8) is 0 Å². The highest BCUT2D eigenvalue weighted by Gasteiger charge is 2.23. The van der Waals surface area contributed by atoms with Crippen LogP contribution in [0.5, 0.6) is 0 Å². The molecule has 2 aromatic carbocycles. The third kappa shape index (κ3) is 3.34. The van der Waals surface area contributed by atoms with E-state index in [2.05, 4.69) is 11.9 Å². The maximum Gasteiger partial charge on any atom is 0.257 e. The zero-order valence-electron chi connectivity index (χ0n) is 16.3. The lowest BCUT2D eigenvalue weighted by atomic mass is 10.0. The van der Waals surface area contributed by atoms with E-state index in [0.717, 1.165) is 25.1 Å². The first-order valence-corrected chi connectivity index (χ1v) is 9.66. The smallest absolute Gasteiger partial charge is 0.257 e. The number of fused-ring (bicyclic) bond motifs is 1. The van der Waals surface area contributed by atoms with Crippen LogP contribution in [-0.2, 0) is 0 Å². The van der Waals surface area contributed by atoms with Gasteiger partial charge in [0.05, 0.1) is 10.9 Å². The Hall–Kier alpha value is -2.92. The van der Waals surface area contributed by atoms with E-state index in [0.29, 0.717) is 40.9 Å². The molecule has 0 saturated carbocycles. The Balaban J connectivity index is 1.84. The van der Waals surface area contributed by atoms with Crippen LogP contribution in [0.1, 0.15) is 22.3 Å². The van der Waals surface area contributed by atoms with Crippen LogP contribution in [0.3, 0.4) is 0 Å². The quantitative estimate of drug-likeness (QED) is 0.686. The Labute approximate surface area is 164 Å². The summed E-state index contributed by atoms with van der Waals surface area (Å²) in [4.78, 5) is 30.3. The molecular formula is C23H24N2O3. The second-order valence-electron chi connectivity index (χ2n) is 7.38. The molecule has 0 N–H and O–H groups in total.